The van der Waals surface area contributed by atoms with Crippen LogP contribution in [0, 0.1) is 0 Å². The minimum Gasteiger partial charge on any atom is -0.326 e. The summed E-state index contributed by atoms with van der Waals surface area (Å²) in [6.07, 6.45) is 2.97. The number of carbonyl (C=O) groups is 2. The van der Waals surface area contributed by atoms with E-state index in [9.17, 15) is 9.59 Å². The van der Waals surface area contributed by atoms with E-state index in [1.54, 1.807) is 48.5 Å². The summed E-state index contributed by atoms with van der Waals surface area (Å²) in [7, 11) is 0. The molecule has 0 saturated carbocycles. The zero-order valence-corrected chi connectivity index (χ0v) is 13.8. The maximum Gasteiger partial charge on any atom is 0.248 e. The second kappa shape index (κ2) is 7.81. The molecule has 0 saturated heterocycles. The molecule has 118 valence electrons. The highest BCUT2D eigenvalue weighted by atomic mass is 35.5. The van der Waals surface area contributed by atoms with Crippen molar-refractivity contribution >= 4 is 52.5 Å². The highest BCUT2D eigenvalue weighted by Crippen LogP contribution is 2.26. The molecule has 0 atom stereocenters. The lowest BCUT2D eigenvalue weighted by Gasteiger charge is -2.05. The van der Waals surface area contributed by atoms with E-state index in [-0.39, 0.29) is 11.8 Å². The van der Waals surface area contributed by atoms with Gasteiger partial charge in [-0.2, -0.15) is 0 Å². The standard InChI is InChI=1S/C17H14Cl2N2O2/c1-11(22)20-13-6-8-14(9-7-13)21-16(23)10-5-12-3-2-4-15(18)17(12)19/h2-10H,1H3,(H,20,22)(H,21,23)/b10-5+. The summed E-state index contributed by atoms with van der Waals surface area (Å²) in [5.41, 5.74) is 1.94. The Morgan fingerprint density at radius 1 is 0.957 bits per heavy atom. The Morgan fingerprint density at radius 2 is 1.57 bits per heavy atom. The summed E-state index contributed by atoms with van der Waals surface area (Å²) in [5, 5.41) is 6.20. The molecular weight excluding hydrogens is 335 g/mol. The van der Waals surface area contributed by atoms with Gasteiger partial charge in [-0.1, -0.05) is 35.3 Å². The van der Waals surface area contributed by atoms with E-state index in [1.807, 2.05) is 0 Å². The molecule has 4 nitrogen and oxygen atoms in total. The average molecular weight is 349 g/mol. The summed E-state index contributed by atoms with van der Waals surface area (Å²) < 4.78 is 0. The normalized spacial score (nSPS) is 10.6. The topological polar surface area (TPSA) is 58.2 Å². The van der Waals surface area contributed by atoms with Gasteiger partial charge in [-0.25, -0.2) is 0 Å². The summed E-state index contributed by atoms with van der Waals surface area (Å²) in [6, 6.07) is 12.0. The number of amides is 2. The van der Waals surface area contributed by atoms with Crippen LogP contribution in [0.15, 0.2) is 48.5 Å². The molecule has 0 spiro atoms. The number of hydrogen-bond acceptors (Lipinski definition) is 2. The molecule has 0 heterocycles. The molecule has 0 radical (unpaired) electrons. The molecule has 0 bridgehead atoms. The van der Waals surface area contributed by atoms with Gasteiger partial charge in [0.15, 0.2) is 0 Å². The fourth-order valence-corrected chi connectivity index (χ4v) is 2.21. The van der Waals surface area contributed by atoms with Crippen LogP contribution in [-0.2, 0) is 9.59 Å². The summed E-state index contributed by atoms with van der Waals surface area (Å²) >= 11 is 12.0. The Bertz CT molecular complexity index is 756. The van der Waals surface area contributed by atoms with Crippen molar-refractivity contribution in [2.24, 2.45) is 0 Å². The summed E-state index contributed by atoms with van der Waals surface area (Å²) in [6.45, 7) is 1.43. The molecule has 0 aliphatic carbocycles. The van der Waals surface area contributed by atoms with Crippen molar-refractivity contribution in [3.8, 4) is 0 Å². The quantitative estimate of drug-likeness (QED) is 0.793. The third-order valence-corrected chi connectivity index (χ3v) is 3.70. The SMILES string of the molecule is CC(=O)Nc1ccc(NC(=O)/C=C/c2cccc(Cl)c2Cl)cc1. The van der Waals surface area contributed by atoms with Gasteiger partial charge in [-0.05, 0) is 42.0 Å². The van der Waals surface area contributed by atoms with Crippen LogP contribution in [0.1, 0.15) is 12.5 Å². The van der Waals surface area contributed by atoms with Gasteiger partial charge < -0.3 is 10.6 Å². The van der Waals surface area contributed by atoms with E-state index < -0.39 is 0 Å². The molecule has 2 rings (SSSR count). The van der Waals surface area contributed by atoms with Crippen LogP contribution in [0.2, 0.25) is 10.0 Å². The van der Waals surface area contributed by atoms with Gasteiger partial charge in [0.25, 0.3) is 0 Å². The highest BCUT2D eigenvalue weighted by Gasteiger charge is 2.03. The van der Waals surface area contributed by atoms with Crippen molar-refractivity contribution in [3.05, 3.63) is 64.1 Å². The fourth-order valence-electron chi connectivity index (χ4n) is 1.84. The number of benzene rings is 2. The molecule has 0 fully saturated rings. The van der Waals surface area contributed by atoms with Gasteiger partial charge in [-0.15, -0.1) is 0 Å². The van der Waals surface area contributed by atoms with Crippen molar-refractivity contribution in [2.45, 2.75) is 6.92 Å². The van der Waals surface area contributed by atoms with Crippen molar-refractivity contribution in [3.63, 3.8) is 0 Å². The molecule has 2 aromatic carbocycles. The van der Waals surface area contributed by atoms with E-state index in [0.29, 0.717) is 27.0 Å². The zero-order chi connectivity index (χ0) is 16.8. The van der Waals surface area contributed by atoms with E-state index >= 15 is 0 Å². The van der Waals surface area contributed by atoms with Crippen LogP contribution in [0.4, 0.5) is 11.4 Å². The molecule has 23 heavy (non-hydrogen) atoms. The molecular formula is C17H14Cl2N2O2. The average Bonchev–Trinajstić information content (AvgIpc) is 2.50. The van der Waals surface area contributed by atoms with Crippen LogP contribution in [0.3, 0.4) is 0 Å². The van der Waals surface area contributed by atoms with E-state index in [4.69, 9.17) is 23.2 Å². The van der Waals surface area contributed by atoms with Crippen molar-refractivity contribution in [1.29, 1.82) is 0 Å². The predicted molar refractivity (Wildman–Crippen MR) is 94.9 cm³/mol. The van der Waals surface area contributed by atoms with Crippen LogP contribution in [0.5, 0.6) is 0 Å². The molecule has 0 aliphatic heterocycles. The predicted octanol–water partition coefficient (Wildman–Crippen LogP) is 4.60. The first-order valence-corrected chi connectivity index (χ1v) is 7.52. The third-order valence-electron chi connectivity index (χ3n) is 2.87. The number of halogens is 2. The Hall–Kier alpha value is -2.30. The smallest absolute Gasteiger partial charge is 0.248 e. The molecule has 0 aliphatic rings. The Kier molecular flexibility index (Phi) is 5.79. The van der Waals surface area contributed by atoms with Gasteiger partial charge in [0.05, 0.1) is 10.0 Å². The van der Waals surface area contributed by atoms with Crippen LogP contribution in [-0.4, -0.2) is 11.8 Å². The number of nitrogens with one attached hydrogen (secondary N) is 2. The summed E-state index contributed by atoms with van der Waals surface area (Å²) in [5.74, 6) is -0.448. The second-order valence-electron chi connectivity index (χ2n) is 4.72. The van der Waals surface area contributed by atoms with E-state index in [2.05, 4.69) is 10.6 Å². The zero-order valence-electron chi connectivity index (χ0n) is 12.3. The lowest BCUT2D eigenvalue weighted by molar-refractivity contribution is -0.114. The van der Waals surface area contributed by atoms with Gasteiger partial charge in [0.1, 0.15) is 0 Å². The molecule has 2 amide bonds. The number of rotatable bonds is 4. The first kappa shape index (κ1) is 17.1. The minimum atomic E-state index is -0.298. The Labute approximate surface area is 144 Å². The Morgan fingerprint density at radius 3 is 2.17 bits per heavy atom. The molecule has 0 aromatic heterocycles. The molecule has 6 heteroatoms. The van der Waals surface area contributed by atoms with Gasteiger partial charge in [0, 0.05) is 24.4 Å². The molecule has 2 N–H and O–H groups in total. The van der Waals surface area contributed by atoms with Crippen molar-refractivity contribution in [1.82, 2.24) is 0 Å². The monoisotopic (exact) mass is 348 g/mol. The Balaban J connectivity index is 2.00. The van der Waals surface area contributed by atoms with Gasteiger partial charge >= 0.3 is 0 Å². The second-order valence-corrected chi connectivity index (χ2v) is 5.51. The van der Waals surface area contributed by atoms with Gasteiger partial charge in [0.2, 0.25) is 11.8 Å². The fraction of sp³-hybridized carbons (Fsp3) is 0.0588. The lowest BCUT2D eigenvalue weighted by atomic mass is 10.2. The maximum atomic E-state index is 11.9. The number of hydrogen-bond donors (Lipinski definition) is 2. The number of carbonyl (C=O) groups excluding carboxylic acids is 2. The first-order valence-electron chi connectivity index (χ1n) is 6.76. The maximum absolute atomic E-state index is 11.9. The van der Waals surface area contributed by atoms with Crippen LogP contribution >= 0.6 is 23.2 Å². The molecule has 0 unspecified atom stereocenters. The molecule has 2 aromatic rings. The highest BCUT2D eigenvalue weighted by molar-refractivity contribution is 6.42. The number of anilines is 2. The lowest BCUT2D eigenvalue weighted by Crippen LogP contribution is -2.08. The van der Waals surface area contributed by atoms with Gasteiger partial charge in [-0.3, -0.25) is 9.59 Å². The summed E-state index contributed by atoms with van der Waals surface area (Å²) in [4.78, 5) is 22.8. The minimum absolute atomic E-state index is 0.150. The van der Waals surface area contributed by atoms with E-state index in [0.717, 1.165) is 0 Å². The van der Waals surface area contributed by atoms with Crippen molar-refractivity contribution < 1.29 is 9.59 Å². The van der Waals surface area contributed by atoms with Crippen LogP contribution < -0.4 is 10.6 Å². The van der Waals surface area contributed by atoms with Crippen molar-refractivity contribution in [2.75, 3.05) is 10.6 Å². The first-order chi connectivity index (χ1) is 11.0. The van der Waals surface area contributed by atoms with E-state index in [1.165, 1.54) is 13.0 Å². The van der Waals surface area contributed by atoms with Crippen LogP contribution in [0.25, 0.3) is 6.08 Å². The largest absolute Gasteiger partial charge is 0.326 e. The third kappa shape index (κ3) is 5.13.